The van der Waals surface area contributed by atoms with Gasteiger partial charge in [-0.15, -0.1) is 5.10 Å². The Kier molecular flexibility index (Phi) is 5.06. The molecule has 1 aliphatic heterocycles. The fourth-order valence-electron chi connectivity index (χ4n) is 3.23. The molecule has 0 aliphatic carbocycles. The molecule has 0 saturated carbocycles. The molecule has 1 unspecified atom stereocenters. The van der Waals surface area contributed by atoms with Gasteiger partial charge in [0.25, 0.3) is 5.89 Å². The molecule has 3 heterocycles. The SMILES string of the molecule is CC(C)n1nccc1-c1nnc(NC(=O)C2CC(=O)N(c3ccc(Cl)cc3)C2)o1. The number of halogens is 1. The normalized spacial score (nSPS) is 16.6. The highest BCUT2D eigenvalue weighted by atomic mass is 35.5. The van der Waals surface area contributed by atoms with E-state index in [-0.39, 0.29) is 42.7 Å². The van der Waals surface area contributed by atoms with E-state index >= 15 is 0 Å². The van der Waals surface area contributed by atoms with Crippen LogP contribution in [0.2, 0.25) is 5.02 Å². The van der Waals surface area contributed by atoms with Gasteiger partial charge in [0, 0.05) is 35.9 Å². The topological polar surface area (TPSA) is 106 Å². The highest BCUT2D eigenvalue weighted by Crippen LogP contribution is 2.28. The zero-order valence-corrected chi connectivity index (χ0v) is 16.6. The Bertz CT molecular complexity index is 1040. The van der Waals surface area contributed by atoms with Gasteiger partial charge in [0.05, 0.1) is 5.92 Å². The lowest BCUT2D eigenvalue weighted by Crippen LogP contribution is -2.28. The van der Waals surface area contributed by atoms with E-state index in [1.165, 1.54) is 0 Å². The van der Waals surface area contributed by atoms with E-state index in [9.17, 15) is 9.59 Å². The van der Waals surface area contributed by atoms with Crippen molar-refractivity contribution in [2.75, 3.05) is 16.8 Å². The second-order valence-electron chi connectivity index (χ2n) is 7.04. The summed E-state index contributed by atoms with van der Waals surface area (Å²) in [4.78, 5) is 26.5. The number of aromatic nitrogens is 4. The molecule has 1 aromatic carbocycles. The number of rotatable bonds is 5. The van der Waals surface area contributed by atoms with Gasteiger partial charge < -0.3 is 9.32 Å². The smallest absolute Gasteiger partial charge is 0.322 e. The van der Waals surface area contributed by atoms with Crippen molar-refractivity contribution in [1.29, 1.82) is 0 Å². The molecule has 1 saturated heterocycles. The van der Waals surface area contributed by atoms with E-state index < -0.39 is 5.92 Å². The predicted molar refractivity (Wildman–Crippen MR) is 106 cm³/mol. The Labute approximate surface area is 171 Å². The molecule has 150 valence electrons. The maximum absolute atomic E-state index is 12.6. The molecule has 2 amide bonds. The first kappa shape index (κ1) is 19.1. The second kappa shape index (κ2) is 7.67. The first-order chi connectivity index (χ1) is 13.9. The second-order valence-corrected chi connectivity index (χ2v) is 7.47. The molecule has 1 aliphatic rings. The van der Waals surface area contributed by atoms with Crippen LogP contribution in [0, 0.1) is 5.92 Å². The van der Waals surface area contributed by atoms with E-state index in [1.807, 2.05) is 13.8 Å². The maximum Gasteiger partial charge on any atom is 0.322 e. The highest BCUT2D eigenvalue weighted by Gasteiger charge is 2.35. The number of nitrogens with one attached hydrogen (secondary N) is 1. The predicted octanol–water partition coefficient (Wildman–Crippen LogP) is 3.16. The quantitative estimate of drug-likeness (QED) is 0.687. The lowest BCUT2D eigenvalue weighted by atomic mass is 10.1. The van der Waals surface area contributed by atoms with Gasteiger partial charge in [-0.05, 0) is 44.2 Å². The zero-order chi connectivity index (χ0) is 20.5. The third-order valence-corrected chi connectivity index (χ3v) is 4.92. The fraction of sp³-hybridized carbons (Fsp3) is 0.316. The number of carbonyl (C=O) groups excluding carboxylic acids is 2. The maximum atomic E-state index is 12.6. The third kappa shape index (κ3) is 3.86. The summed E-state index contributed by atoms with van der Waals surface area (Å²) in [6.07, 6.45) is 1.75. The molecule has 10 heteroatoms. The van der Waals surface area contributed by atoms with Gasteiger partial charge in [-0.25, -0.2) is 0 Å². The molecular formula is C19H19ClN6O3. The van der Waals surface area contributed by atoms with Crippen LogP contribution in [0.3, 0.4) is 0 Å². The van der Waals surface area contributed by atoms with Crippen molar-refractivity contribution in [2.24, 2.45) is 5.92 Å². The number of hydrogen-bond acceptors (Lipinski definition) is 6. The standard InChI is InChI=1S/C19H19ClN6O3/c1-11(2)26-15(7-8-21-26)18-23-24-19(29-18)22-17(28)12-9-16(27)25(10-12)14-5-3-13(20)4-6-14/h3-8,11-12H,9-10H2,1-2H3,(H,22,24,28). The summed E-state index contributed by atoms with van der Waals surface area (Å²) in [6.45, 7) is 4.24. The van der Waals surface area contributed by atoms with Gasteiger partial charge in [-0.2, -0.15) is 5.10 Å². The Morgan fingerprint density at radius 2 is 2.00 bits per heavy atom. The van der Waals surface area contributed by atoms with E-state index in [1.54, 1.807) is 46.1 Å². The minimum atomic E-state index is -0.519. The van der Waals surface area contributed by atoms with Crippen LogP contribution in [0.4, 0.5) is 11.7 Å². The number of benzene rings is 1. The van der Waals surface area contributed by atoms with Crippen LogP contribution in [0.1, 0.15) is 26.3 Å². The molecule has 1 atom stereocenters. The van der Waals surface area contributed by atoms with Gasteiger partial charge >= 0.3 is 6.01 Å². The number of amides is 2. The van der Waals surface area contributed by atoms with Crippen molar-refractivity contribution in [3.63, 3.8) is 0 Å². The lowest BCUT2D eigenvalue weighted by molar-refractivity contribution is -0.122. The van der Waals surface area contributed by atoms with Crippen molar-refractivity contribution >= 4 is 35.1 Å². The average Bonchev–Trinajstić information content (AvgIpc) is 3.41. The molecule has 0 spiro atoms. The summed E-state index contributed by atoms with van der Waals surface area (Å²) in [5.41, 5.74) is 1.37. The van der Waals surface area contributed by atoms with Crippen LogP contribution in [-0.4, -0.2) is 38.3 Å². The largest absolute Gasteiger partial charge is 0.401 e. The van der Waals surface area contributed by atoms with Gasteiger partial charge in [-0.1, -0.05) is 16.7 Å². The number of nitrogens with zero attached hydrogens (tertiary/aromatic N) is 5. The van der Waals surface area contributed by atoms with Gasteiger partial charge in [-0.3, -0.25) is 19.6 Å². The van der Waals surface area contributed by atoms with Crippen molar-refractivity contribution in [1.82, 2.24) is 20.0 Å². The van der Waals surface area contributed by atoms with Crippen LogP contribution in [0.25, 0.3) is 11.6 Å². The van der Waals surface area contributed by atoms with Gasteiger partial charge in [0.2, 0.25) is 11.8 Å². The third-order valence-electron chi connectivity index (χ3n) is 4.67. The number of carbonyl (C=O) groups is 2. The van der Waals surface area contributed by atoms with Crippen LogP contribution in [0.15, 0.2) is 40.9 Å². The molecule has 1 N–H and O–H groups in total. The molecular weight excluding hydrogens is 396 g/mol. The molecule has 0 bridgehead atoms. The number of anilines is 2. The van der Waals surface area contributed by atoms with Crippen molar-refractivity contribution in [2.45, 2.75) is 26.3 Å². The summed E-state index contributed by atoms with van der Waals surface area (Å²) in [5, 5.41) is 15.3. The van der Waals surface area contributed by atoms with Gasteiger partial charge in [0.15, 0.2) is 0 Å². The van der Waals surface area contributed by atoms with E-state index in [0.29, 0.717) is 16.4 Å². The van der Waals surface area contributed by atoms with Crippen molar-refractivity contribution in [3.8, 4) is 11.6 Å². The number of hydrogen-bond donors (Lipinski definition) is 1. The van der Waals surface area contributed by atoms with Crippen LogP contribution < -0.4 is 10.2 Å². The first-order valence-corrected chi connectivity index (χ1v) is 9.54. The van der Waals surface area contributed by atoms with Crippen LogP contribution in [0.5, 0.6) is 0 Å². The van der Waals surface area contributed by atoms with E-state index in [0.717, 1.165) is 0 Å². The average molecular weight is 415 g/mol. The van der Waals surface area contributed by atoms with Crippen LogP contribution in [-0.2, 0) is 9.59 Å². The Morgan fingerprint density at radius 1 is 1.24 bits per heavy atom. The monoisotopic (exact) mass is 414 g/mol. The fourth-order valence-corrected chi connectivity index (χ4v) is 3.36. The summed E-state index contributed by atoms with van der Waals surface area (Å²) < 4.78 is 7.32. The van der Waals surface area contributed by atoms with Crippen molar-refractivity contribution in [3.05, 3.63) is 41.6 Å². The molecule has 0 radical (unpaired) electrons. The summed E-state index contributed by atoms with van der Waals surface area (Å²) >= 11 is 5.89. The lowest BCUT2D eigenvalue weighted by Gasteiger charge is -2.16. The minimum absolute atomic E-state index is 0.0149. The Morgan fingerprint density at radius 3 is 2.72 bits per heavy atom. The minimum Gasteiger partial charge on any atom is -0.401 e. The first-order valence-electron chi connectivity index (χ1n) is 9.16. The molecule has 29 heavy (non-hydrogen) atoms. The van der Waals surface area contributed by atoms with Crippen LogP contribution >= 0.6 is 11.6 Å². The Balaban J connectivity index is 1.44. The van der Waals surface area contributed by atoms with Gasteiger partial charge in [0.1, 0.15) is 5.69 Å². The molecule has 9 nitrogen and oxygen atoms in total. The van der Waals surface area contributed by atoms with E-state index in [4.69, 9.17) is 16.0 Å². The summed E-state index contributed by atoms with van der Waals surface area (Å²) in [5.74, 6) is -0.728. The Hall–Kier alpha value is -3.20. The molecule has 2 aromatic heterocycles. The highest BCUT2D eigenvalue weighted by molar-refractivity contribution is 6.30. The molecule has 1 fully saturated rings. The zero-order valence-electron chi connectivity index (χ0n) is 15.9. The van der Waals surface area contributed by atoms with Crippen molar-refractivity contribution < 1.29 is 14.0 Å². The summed E-state index contributed by atoms with van der Waals surface area (Å²) in [7, 11) is 0. The molecule has 4 rings (SSSR count). The summed E-state index contributed by atoms with van der Waals surface area (Å²) in [6, 6.07) is 8.79. The van der Waals surface area contributed by atoms with E-state index in [2.05, 4.69) is 20.6 Å². The molecule has 3 aromatic rings.